The van der Waals surface area contributed by atoms with E-state index in [1.165, 1.54) is 44.6 Å². The van der Waals surface area contributed by atoms with Gasteiger partial charge in [0, 0.05) is 12.5 Å². The minimum atomic E-state index is -0.932. The number of aliphatic carboxylic acids is 2. The van der Waals surface area contributed by atoms with Crippen LogP contribution in [0, 0.1) is 0 Å². The molecular formula is C19H30O4. The minimum Gasteiger partial charge on any atom is -0.481 e. The second-order valence-electron chi connectivity index (χ2n) is 5.62. The summed E-state index contributed by atoms with van der Waals surface area (Å²) in [6.45, 7) is 0. The van der Waals surface area contributed by atoms with Gasteiger partial charge >= 0.3 is 11.9 Å². The third-order valence-corrected chi connectivity index (χ3v) is 3.47. The Morgan fingerprint density at radius 1 is 0.652 bits per heavy atom. The maximum Gasteiger partial charge on any atom is 0.328 e. The largest absolute Gasteiger partial charge is 0.481 e. The van der Waals surface area contributed by atoms with Gasteiger partial charge in [-0.1, -0.05) is 75.3 Å². The molecule has 0 aliphatic carbocycles. The molecule has 0 saturated heterocycles. The predicted octanol–water partition coefficient (Wildman–Crippen LogP) is 5.12. The van der Waals surface area contributed by atoms with Crippen molar-refractivity contribution in [1.82, 2.24) is 0 Å². The van der Waals surface area contributed by atoms with E-state index in [2.05, 4.69) is 6.08 Å². The van der Waals surface area contributed by atoms with E-state index in [1.54, 1.807) is 6.08 Å². The Morgan fingerprint density at radius 3 is 1.74 bits per heavy atom. The van der Waals surface area contributed by atoms with E-state index in [9.17, 15) is 9.59 Å². The van der Waals surface area contributed by atoms with Crippen LogP contribution in [0.25, 0.3) is 0 Å². The SMILES string of the molecule is O=C(O)/C=C/C=C/C=C/CCCCCCCCCCCC(=O)O. The Kier molecular flexibility index (Phi) is 15.2. The van der Waals surface area contributed by atoms with E-state index in [1.807, 2.05) is 12.2 Å². The van der Waals surface area contributed by atoms with Crippen molar-refractivity contribution in [3.63, 3.8) is 0 Å². The standard InChI is InChI=1S/C19H30O4/c20-18(21)16-14-12-10-8-6-4-2-1-3-5-7-9-11-13-15-17-19(22)23/h6,8,10,12,14,16H,1-5,7,9,11,13,15,17H2,(H,20,21)(H,22,23)/b8-6+,12-10+,16-14+. The molecule has 0 aliphatic heterocycles. The van der Waals surface area contributed by atoms with Crippen molar-refractivity contribution in [3.05, 3.63) is 36.5 Å². The molecule has 0 saturated carbocycles. The van der Waals surface area contributed by atoms with Crippen molar-refractivity contribution in [2.45, 2.75) is 70.6 Å². The zero-order valence-corrected chi connectivity index (χ0v) is 14.0. The third kappa shape index (κ3) is 20.2. The maximum absolute atomic E-state index is 10.3. The monoisotopic (exact) mass is 322 g/mol. The first kappa shape index (κ1) is 21.2. The number of rotatable bonds is 15. The average molecular weight is 322 g/mol. The Hall–Kier alpha value is -1.84. The van der Waals surface area contributed by atoms with E-state index in [-0.39, 0.29) is 0 Å². The van der Waals surface area contributed by atoms with Crippen LogP contribution in [-0.4, -0.2) is 22.2 Å². The summed E-state index contributed by atoms with van der Waals surface area (Å²) in [7, 11) is 0. The molecule has 0 aromatic carbocycles. The molecule has 0 amide bonds. The topological polar surface area (TPSA) is 74.6 Å². The number of hydrogen-bond donors (Lipinski definition) is 2. The second-order valence-corrected chi connectivity index (χ2v) is 5.62. The van der Waals surface area contributed by atoms with Gasteiger partial charge in [0.15, 0.2) is 0 Å². The number of unbranched alkanes of at least 4 members (excludes halogenated alkanes) is 9. The predicted molar refractivity (Wildman–Crippen MR) is 93.5 cm³/mol. The molecule has 0 aromatic heterocycles. The highest BCUT2D eigenvalue weighted by molar-refractivity contribution is 5.80. The zero-order valence-electron chi connectivity index (χ0n) is 14.0. The fraction of sp³-hybridized carbons (Fsp3) is 0.579. The van der Waals surface area contributed by atoms with Crippen LogP contribution in [0.5, 0.6) is 0 Å². The molecule has 23 heavy (non-hydrogen) atoms. The van der Waals surface area contributed by atoms with Gasteiger partial charge in [-0.15, -0.1) is 0 Å². The Morgan fingerprint density at radius 2 is 1.17 bits per heavy atom. The molecule has 0 bridgehead atoms. The molecule has 2 N–H and O–H groups in total. The smallest absolute Gasteiger partial charge is 0.328 e. The van der Waals surface area contributed by atoms with Crippen molar-refractivity contribution in [1.29, 1.82) is 0 Å². The number of allylic oxidation sites excluding steroid dienone is 5. The van der Waals surface area contributed by atoms with Gasteiger partial charge in [0.1, 0.15) is 0 Å². The number of carboxylic acids is 2. The molecule has 0 fully saturated rings. The van der Waals surface area contributed by atoms with Gasteiger partial charge in [0.25, 0.3) is 0 Å². The van der Waals surface area contributed by atoms with Crippen molar-refractivity contribution in [2.75, 3.05) is 0 Å². The summed E-state index contributed by atoms with van der Waals surface area (Å²) < 4.78 is 0. The number of hydrogen-bond acceptors (Lipinski definition) is 2. The van der Waals surface area contributed by atoms with E-state index in [4.69, 9.17) is 10.2 Å². The molecular weight excluding hydrogens is 292 g/mol. The van der Waals surface area contributed by atoms with Gasteiger partial charge in [-0.05, 0) is 19.3 Å². The molecule has 0 atom stereocenters. The Labute approximate surface area is 139 Å². The van der Waals surface area contributed by atoms with Gasteiger partial charge in [0.05, 0.1) is 0 Å². The van der Waals surface area contributed by atoms with Crippen LogP contribution in [-0.2, 0) is 9.59 Å². The molecule has 0 spiro atoms. The summed E-state index contributed by atoms with van der Waals surface area (Å²) in [5, 5.41) is 16.9. The first-order valence-corrected chi connectivity index (χ1v) is 8.57. The van der Waals surface area contributed by atoms with Gasteiger partial charge < -0.3 is 10.2 Å². The molecule has 4 nitrogen and oxygen atoms in total. The zero-order chi connectivity index (χ0) is 17.2. The van der Waals surface area contributed by atoms with Crippen LogP contribution >= 0.6 is 0 Å². The third-order valence-electron chi connectivity index (χ3n) is 3.47. The molecule has 130 valence electrons. The molecule has 0 unspecified atom stereocenters. The van der Waals surface area contributed by atoms with Crippen molar-refractivity contribution in [3.8, 4) is 0 Å². The molecule has 0 radical (unpaired) electrons. The van der Waals surface area contributed by atoms with Gasteiger partial charge in [-0.25, -0.2) is 4.79 Å². The van der Waals surface area contributed by atoms with Crippen LogP contribution < -0.4 is 0 Å². The van der Waals surface area contributed by atoms with Crippen LogP contribution in [0.1, 0.15) is 70.6 Å². The minimum absolute atomic E-state index is 0.304. The molecule has 4 heteroatoms. The molecule has 0 aliphatic rings. The van der Waals surface area contributed by atoms with E-state index in [0.29, 0.717) is 6.42 Å². The van der Waals surface area contributed by atoms with E-state index in [0.717, 1.165) is 31.8 Å². The summed E-state index contributed by atoms with van der Waals surface area (Å²) in [6, 6.07) is 0. The van der Waals surface area contributed by atoms with Gasteiger partial charge in [0.2, 0.25) is 0 Å². The summed E-state index contributed by atoms with van der Waals surface area (Å²) >= 11 is 0. The molecule has 0 rings (SSSR count). The quantitative estimate of drug-likeness (QED) is 0.249. The lowest BCUT2D eigenvalue weighted by molar-refractivity contribution is -0.137. The molecule has 0 aromatic rings. The van der Waals surface area contributed by atoms with E-state index < -0.39 is 11.9 Å². The number of carbonyl (C=O) groups is 2. The summed E-state index contributed by atoms with van der Waals surface area (Å²) in [6.07, 6.45) is 22.0. The highest BCUT2D eigenvalue weighted by Gasteiger charge is 1.96. The first-order chi connectivity index (χ1) is 11.1. The maximum atomic E-state index is 10.3. The number of carboxylic acid groups (broad SMARTS) is 2. The summed E-state index contributed by atoms with van der Waals surface area (Å²) in [5.74, 6) is -1.62. The van der Waals surface area contributed by atoms with Gasteiger partial charge in [-0.2, -0.15) is 0 Å². The van der Waals surface area contributed by atoms with Crippen LogP contribution in [0.2, 0.25) is 0 Å². The van der Waals surface area contributed by atoms with Crippen molar-refractivity contribution >= 4 is 11.9 Å². The normalized spacial score (nSPS) is 11.8. The lowest BCUT2D eigenvalue weighted by Crippen LogP contribution is -1.93. The van der Waals surface area contributed by atoms with Crippen molar-refractivity contribution in [2.24, 2.45) is 0 Å². The van der Waals surface area contributed by atoms with Crippen molar-refractivity contribution < 1.29 is 19.8 Å². The summed E-state index contributed by atoms with van der Waals surface area (Å²) in [5.41, 5.74) is 0. The van der Waals surface area contributed by atoms with Crippen LogP contribution in [0.3, 0.4) is 0 Å². The fourth-order valence-electron chi connectivity index (χ4n) is 2.22. The first-order valence-electron chi connectivity index (χ1n) is 8.57. The lowest BCUT2D eigenvalue weighted by Gasteiger charge is -2.01. The highest BCUT2D eigenvalue weighted by Crippen LogP contribution is 2.11. The average Bonchev–Trinajstić information content (AvgIpc) is 2.49. The lowest BCUT2D eigenvalue weighted by atomic mass is 10.1. The Balaban J connectivity index is 3.24. The van der Waals surface area contributed by atoms with Crippen LogP contribution in [0.15, 0.2) is 36.5 Å². The van der Waals surface area contributed by atoms with Crippen LogP contribution in [0.4, 0.5) is 0 Å². The van der Waals surface area contributed by atoms with Gasteiger partial charge in [-0.3, -0.25) is 4.79 Å². The molecule has 0 heterocycles. The fourth-order valence-corrected chi connectivity index (χ4v) is 2.22. The second kappa shape index (κ2) is 16.5. The Bertz CT molecular complexity index is 394. The summed E-state index contributed by atoms with van der Waals surface area (Å²) in [4.78, 5) is 20.6. The van der Waals surface area contributed by atoms with E-state index >= 15 is 0 Å². The highest BCUT2D eigenvalue weighted by atomic mass is 16.4.